The molecule has 2 rings (SSSR count). The first-order valence-electron chi connectivity index (χ1n) is 7.73. The fraction of sp³-hybridized carbons (Fsp3) is 0.438. The van der Waals surface area contributed by atoms with E-state index in [9.17, 15) is 9.18 Å². The number of aromatic nitrogens is 2. The fourth-order valence-corrected chi connectivity index (χ4v) is 2.39. The van der Waals surface area contributed by atoms with Crippen LogP contribution in [0.3, 0.4) is 0 Å². The maximum absolute atomic E-state index is 12.9. The molecule has 2 aromatic rings. The van der Waals surface area contributed by atoms with Crippen molar-refractivity contribution in [2.45, 2.75) is 38.0 Å². The zero-order valence-corrected chi connectivity index (χ0v) is 14.4. The van der Waals surface area contributed by atoms with Crippen LogP contribution in [0.5, 0.6) is 5.75 Å². The number of benzene rings is 1. The van der Waals surface area contributed by atoms with Gasteiger partial charge in [-0.3, -0.25) is 4.79 Å². The van der Waals surface area contributed by atoms with Crippen molar-refractivity contribution in [1.82, 2.24) is 15.5 Å². The Hall–Kier alpha value is -2.09. The van der Waals surface area contributed by atoms with Gasteiger partial charge in [-0.05, 0) is 37.6 Å². The summed E-state index contributed by atoms with van der Waals surface area (Å²) in [7, 11) is 0. The highest BCUT2D eigenvalue weighted by Crippen LogP contribution is 2.23. The highest BCUT2D eigenvalue weighted by molar-refractivity contribution is 7.99. The molecule has 6 nitrogen and oxygen atoms in total. The van der Waals surface area contributed by atoms with Crippen LogP contribution in [0, 0.1) is 5.82 Å². The normalized spacial score (nSPS) is 12.0. The van der Waals surface area contributed by atoms with Gasteiger partial charge in [-0.2, -0.15) is 0 Å². The molecular formula is C16H20FN3O3S. The van der Waals surface area contributed by atoms with E-state index in [-0.39, 0.29) is 17.5 Å². The van der Waals surface area contributed by atoms with E-state index in [0.29, 0.717) is 23.4 Å². The molecule has 1 heterocycles. The quantitative estimate of drug-likeness (QED) is 0.550. The molecule has 1 amide bonds. The van der Waals surface area contributed by atoms with Crippen LogP contribution in [-0.2, 0) is 4.79 Å². The summed E-state index contributed by atoms with van der Waals surface area (Å²) in [6.07, 6.45) is 1.52. The number of nitrogens with one attached hydrogen (secondary N) is 1. The maximum atomic E-state index is 12.9. The third-order valence-electron chi connectivity index (χ3n) is 3.08. The first kappa shape index (κ1) is 18.3. The zero-order valence-electron chi connectivity index (χ0n) is 13.6. The highest BCUT2D eigenvalue weighted by atomic mass is 32.2. The molecule has 0 aliphatic rings. The molecule has 0 saturated carbocycles. The van der Waals surface area contributed by atoms with Gasteiger partial charge in [0.1, 0.15) is 11.6 Å². The van der Waals surface area contributed by atoms with Gasteiger partial charge in [-0.1, -0.05) is 25.1 Å². The third kappa shape index (κ3) is 5.84. The van der Waals surface area contributed by atoms with Crippen molar-refractivity contribution >= 4 is 17.7 Å². The summed E-state index contributed by atoms with van der Waals surface area (Å²) < 4.78 is 24.0. The van der Waals surface area contributed by atoms with E-state index in [4.69, 9.17) is 9.15 Å². The fourth-order valence-electron chi connectivity index (χ4n) is 1.79. The summed E-state index contributed by atoms with van der Waals surface area (Å²) in [4.78, 5) is 11.6. The lowest BCUT2D eigenvalue weighted by Crippen LogP contribution is -2.25. The molecule has 1 N–H and O–H groups in total. The van der Waals surface area contributed by atoms with E-state index in [1.807, 2.05) is 0 Å². The first-order valence-corrected chi connectivity index (χ1v) is 8.72. The van der Waals surface area contributed by atoms with Gasteiger partial charge in [0.05, 0.1) is 5.75 Å². The van der Waals surface area contributed by atoms with Crippen LogP contribution < -0.4 is 10.1 Å². The van der Waals surface area contributed by atoms with Crippen LogP contribution in [0.25, 0.3) is 0 Å². The van der Waals surface area contributed by atoms with Crippen LogP contribution >= 0.6 is 11.8 Å². The second kappa shape index (κ2) is 9.27. The molecule has 1 unspecified atom stereocenters. The molecule has 8 heteroatoms. The van der Waals surface area contributed by atoms with Crippen LogP contribution in [0.2, 0.25) is 0 Å². The minimum Gasteiger partial charge on any atom is -0.481 e. The standard InChI is InChI=1S/C16H20FN3O3S/c1-3-4-9-18-14(21)10-24-16-20-19-15(23-16)11(2)22-13-7-5-12(17)6-8-13/h5-8,11H,3-4,9-10H2,1-2H3,(H,18,21). The average Bonchev–Trinajstić information content (AvgIpc) is 3.04. The molecule has 24 heavy (non-hydrogen) atoms. The summed E-state index contributed by atoms with van der Waals surface area (Å²) in [5.41, 5.74) is 0. The Kier molecular flexibility index (Phi) is 7.05. The van der Waals surface area contributed by atoms with Gasteiger partial charge < -0.3 is 14.5 Å². The Balaban J connectivity index is 1.81. The molecule has 0 fully saturated rings. The molecule has 130 valence electrons. The summed E-state index contributed by atoms with van der Waals surface area (Å²) in [5.74, 6) is 0.630. The zero-order chi connectivity index (χ0) is 17.4. The summed E-state index contributed by atoms with van der Waals surface area (Å²) in [6, 6.07) is 5.68. The second-order valence-electron chi connectivity index (χ2n) is 5.11. The predicted molar refractivity (Wildman–Crippen MR) is 88.4 cm³/mol. The lowest BCUT2D eigenvalue weighted by molar-refractivity contribution is -0.118. The van der Waals surface area contributed by atoms with Gasteiger partial charge in [0.25, 0.3) is 11.1 Å². The lowest BCUT2D eigenvalue weighted by atomic mass is 10.3. The first-order chi connectivity index (χ1) is 11.6. The number of hydrogen-bond donors (Lipinski definition) is 1. The van der Waals surface area contributed by atoms with E-state index in [2.05, 4.69) is 22.4 Å². The molecule has 0 aliphatic heterocycles. The molecule has 0 radical (unpaired) electrons. The lowest BCUT2D eigenvalue weighted by Gasteiger charge is -2.10. The Morgan fingerprint density at radius 2 is 2.12 bits per heavy atom. The number of carbonyl (C=O) groups excluding carboxylic acids is 1. The number of halogens is 1. The third-order valence-corrected chi connectivity index (χ3v) is 3.89. The Morgan fingerprint density at radius 1 is 1.38 bits per heavy atom. The van der Waals surface area contributed by atoms with Crippen LogP contribution in [-0.4, -0.2) is 28.4 Å². The Morgan fingerprint density at radius 3 is 2.83 bits per heavy atom. The topological polar surface area (TPSA) is 77.2 Å². The van der Waals surface area contributed by atoms with Crippen LogP contribution in [0.15, 0.2) is 33.9 Å². The van der Waals surface area contributed by atoms with Crippen molar-refractivity contribution in [3.63, 3.8) is 0 Å². The summed E-state index contributed by atoms with van der Waals surface area (Å²) >= 11 is 1.18. The molecule has 1 atom stereocenters. The van der Waals surface area contributed by atoms with Crippen molar-refractivity contribution in [1.29, 1.82) is 0 Å². The monoisotopic (exact) mass is 353 g/mol. The van der Waals surface area contributed by atoms with Crippen LogP contribution in [0.1, 0.15) is 38.7 Å². The van der Waals surface area contributed by atoms with E-state index in [1.54, 1.807) is 6.92 Å². The Labute approximate surface area is 144 Å². The van der Waals surface area contributed by atoms with Crippen LogP contribution in [0.4, 0.5) is 4.39 Å². The summed E-state index contributed by atoms with van der Waals surface area (Å²) in [5, 5.41) is 10.9. The number of carbonyl (C=O) groups is 1. The molecule has 0 aliphatic carbocycles. The summed E-state index contributed by atoms with van der Waals surface area (Å²) in [6.45, 7) is 4.49. The molecule has 0 saturated heterocycles. The minimum absolute atomic E-state index is 0.0659. The van der Waals surface area contributed by atoms with Crippen molar-refractivity contribution in [2.24, 2.45) is 0 Å². The van der Waals surface area contributed by atoms with Gasteiger partial charge in [0, 0.05) is 6.54 Å². The van der Waals surface area contributed by atoms with Gasteiger partial charge in [-0.25, -0.2) is 4.39 Å². The van der Waals surface area contributed by atoms with Crippen molar-refractivity contribution in [3.8, 4) is 5.75 Å². The van der Waals surface area contributed by atoms with Crippen molar-refractivity contribution < 1.29 is 18.3 Å². The minimum atomic E-state index is -0.476. The van der Waals surface area contributed by atoms with E-state index < -0.39 is 6.10 Å². The number of rotatable bonds is 9. The number of hydrogen-bond acceptors (Lipinski definition) is 6. The van der Waals surface area contributed by atoms with Crippen molar-refractivity contribution in [2.75, 3.05) is 12.3 Å². The number of amides is 1. The smallest absolute Gasteiger partial charge is 0.277 e. The van der Waals surface area contributed by atoms with Gasteiger partial charge in [-0.15, -0.1) is 10.2 Å². The SMILES string of the molecule is CCCCNC(=O)CSc1nnc(C(C)Oc2ccc(F)cc2)o1. The molecule has 0 bridgehead atoms. The average molecular weight is 353 g/mol. The number of thioether (sulfide) groups is 1. The number of nitrogens with zero attached hydrogens (tertiary/aromatic N) is 2. The van der Waals surface area contributed by atoms with Gasteiger partial charge in [0.2, 0.25) is 5.91 Å². The van der Waals surface area contributed by atoms with Crippen molar-refractivity contribution in [3.05, 3.63) is 36.0 Å². The highest BCUT2D eigenvalue weighted by Gasteiger charge is 2.16. The molecule has 1 aromatic heterocycles. The number of ether oxygens (including phenoxy) is 1. The maximum Gasteiger partial charge on any atom is 0.277 e. The predicted octanol–water partition coefficient (Wildman–Crippen LogP) is 3.36. The number of unbranched alkanes of at least 4 members (excludes halogenated alkanes) is 1. The van der Waals surface area contributed by atoms with Gasteiger partial charge in [0.15, 0.2) is 6.10 Å². The Bertz CT molecular complexity index is 648. The van der Waals surface area contributed by atoms with Gasteiger partial charge >= 0.3 is 0 Å². The van der Waals surface area contributed by atoms with E-state index in [1.165, 1.54) is 36.0 Å². The molecular weight excluding hydrogens is 333 g/mol. The second-order valence-corrected chi connectivity index (χ2v) is 6.04. The van der Waals surface area contributed by atoms with E-state index in [0.717, 1.165) is 12.8 Å². The largest absolute Gasteiger partial charge is 0.481 e. The molecule has 0 spiro atoms. The molecule has 1 aromatic carbocycles. The van der Waals surface area contributed by atoms with E-state index >= 15 is 0 Å².